The van der Waals surface area contributed by atoms with Gasteiger partial charge in [-0.15, -0.1) is 24.0 Å². The van der Waals surface area contributed by atoms with Gasteiger partial charge >= 0.3 is 82.6 Å². The van der Waals surface area contributed by atoms with E-state index < -0.39 is 0 Å². The Morgan fingerprint density at radius 1 is 0.455 bits per heavy atom. The van der Waals surface area contributed by atoms with Gasteiger partial charge in [-0.25, -0.2) is 24.3 Å². The monoisotopic (exact) mass is 1030 g/mol. The molecule has 0 N–H and O–H groups in total. The Labute approximate surface area is 423 Å². The van der Waals surface area contributed by atoms with Gasteiger partial charge in [-0.3, -0.25) is 12.2 Å². The Morgan fingerprint density at radius 3 is 1.05 bits per heavy atom. The first-order valence-corrected chi connectivity index (χ1v) is 23.8. The van der Waals surface area contributed by atoms with Gasteiger partial charge in [0.1, 0.15) is 23.0 Å². The molecular formula is C58H58O6Zr2-2. The van der Waals surface area contributed by atoms with Gasteiger partial charge in [0.2, 0.25) is 0 Å². The zero-order chi connectivity index (χ0) is 48.1. The van der Waals surface area contributed by atoms with Crippen LogP contribution in [0.5, 0.6) is 34.5 Å². The first-order valence-electron chi connectivity index (χ1n) is 21.3. The second-order valence-electron chi connectivity index (χ2n) is 14.8. The summed E-state index contributed by atoms with van der Waals surface area (Å²) in [5, 5.41) is 22.4. The summed E-state index contributed by atoms with van der Waals surface area (Å²) < 4.78 is 22.2. The number of fused-ring (bicyclic) bond motifs is 6. The van der Waals surface area contributed by atoms with Crippen LogP contribution in [-0.2, 0) is 61.3 Å². The van der Waals surface area contributed by atoms with Crippen LogP contribution in [0.1, 0.15) is 62.8 Å². The van der Waals surface area contributed by atoms with Crippen LogP contribution in [0.3, 0.4) is 0 Å². The number of ether oxygens (including phenoxy) is 4. The third-order valence-corrected chi connectivity index (χ3v) is 9.17. The molecule has 336 valence electrons. The molecule has 0 aromatic heterocycles. The van der Waals surface area contributed by atoms with Crippen LogP contribution in [0.2, 0.25) is 0 Å². The molecule has 0 unspecified atom stereocenters. The minimum atomic E-state index is -0.211. The molecule has 0 saturated heterocycles. The summed E-state index contributed by atoms with van der Waals surface area (Å²) in [6.07, 6.45) is 22.1. The Morgan fingerprint density at radius 2 is 0.773 bits per heavy atom. The number of methoxy groups -OCH3 is 4. The predicted molar refractivity (Wildman–Crippen MR) is 261 cm³/mol. The van der Waals surface area contributed by atoms with Crippen LogP contribution in [0.4, 0.5) is 0 Å². The summed E-state index contributed by atoms with van der Waals surface area (Å²) in [5.74, 6) is 0.817. The van der Waals surface area contributed by atoms with Gasteiger partial charge in [-0.05, 0) is 48.6 Å². The van der Waals surface area contributed by atoms with E-state index in [-0.39, 0.29) is 11.5 Å². The maximum Gasteiger partial charge on any atom is -0.0253 e. The van der Waals surface area contributed by atoms with Crippen LogP contribution in [0, 0.1) is 24.3 Å². The van der Waals surface area contributed by atoms with Gasteiger partial charge in [0, 0.05) is 0 Å². The molecule has 0 heterocycles. The fraction of sp³-hybridized carbons (Fsp3) is 0.207. The van der Waals surface area contributed by atoms with E-state index in [0.29, 0.717) is 23.0 Å². The third-order valence-electron chi connectivity index (χ3n) is 9.17. The first-order chi connectivity index (χ1) is 31.9. The number of hydrogen-bond acceptors (Lipinski definition) is 6. The fourth-order valence-corrected chi connectivity index (χ4v) is 6.31. The molecule has 66 heavy (non-hydrogen) atoms. The number of hydrogen-bond donors (Lipinski definition) is 0. The Hall–Kier alpha value is -5.41. The fourth-order valence-electron chi connectivity index (χ4n) is 6.31. The number of benzene rings is 6. The van der Waals surface area contributed by atoms with Crippen molar-refractivity contribution in [1.82, 2.24) is 0 Å². The summed E-state index contributed by atoms with van der Waals surface area (Å²) in [6.45, 7) is 8.49. The van der Waals surface area contributed by atoms with E-state index in [4.69, 9.17) is 18.9 Å². The maximum absolute atomic E-state index is 11.2. The second-order valence-corrected chi connectivity index (χ2v) is 19.7. The van der Waals surface area contributed by atoms with Crippen LogP contribution in [-0.4, -0.2) is 34.9 Å². The van der Waals surface area contributed by atoms with Crippen molar-refractivity contribution in [2.45, 2.75) is 53.4 Å². The molecule has 6 aromatic rings. The molecule has 0 aliphatic heterocycles. The Bertz CT molecular complexity index is 2220. The van der Waals surface area contributed by atoms with Gasteiger partial charge in [-0.1, -0.05) is 82.9 Å². The van der Waals surface area contributed by atoms with Gasteiger partial charge in [0.15, 0.2) is 0 Å². The van der Waals surface area contributed by atoms with E-state index in [1.165, 1.54) is 79.4 Å². The van der Waals surface area contributed by atoms with E-state index in [9.17, 15) is 10.2 Å². The van der Waals surface area contributed by atoms with E-state index in [1.54, 1.807) is 84.9 Å². The number of rotatable bonds is 4. The molecule has 0 radical (unpaired) electrons. The molecule has 8 heteroatoms. The molecule has 0 atom stereocenters. The van der Waals surface area contributed by atoms with E-state index in [2.05, 4.69) is 137 Å². The molecule has 0 fully saturated rings. The van der Waals surface area contributed by atoms with Crippen molar-refractivity contribution in [3.8, 4) is 56.8 Å². The molecule has 0 amide bonds. The molecular weight excluding hydrogens is 975 g/mol. The van der Waals surface area contributed by atoms with Gasteiger partial charge in [0.05, 0.1) is 28.4 Å². The first kappa shape index (κ1) is 54.9. The molecule has 0 spiro atoms. The van der Waals surface area contributed by atoms with Gasteiger partial charge in [-0.2, -0.15) is 71.8 Å². The number of allylic oxidation sites excluding steroid dienone is 8. The van der Waals surface area contributed by atoms with Crippen molar-refractivity contribution in [3.63, 3.8) is 0 Å². The normalized spacial score (nSPS) is 11.5. The summed E-state index contributed by atoms with van der Waals surface area (Å²) in [6, 6.07) is 46.0. The Kier molecular flexibility index (Phi) is 26.2. The average molecular weight is 1030 g/mol. The average Bonchev–Trinajstić information content (AvgIpc) is 4.19. The van der Waals surface area contributed by atoms with Crippen molar-refractivity contribution in [1.29, 1.82) is 0 Å². The van der Waals surface area contributed by atoms with Crippen molar-refractivity contribution < 1.29 is 77.6 Å². The van der Waals surface area contributed by atoms with Gasteiger partial charge in [0.25, 0.3) is 0 Å². The summed E-state index contributed by atoms with van der Waals surface area (Å²) in [4.78, 5) is 0. The standard InChI is InChI=1S/2C13H9.2C8H10O3.2C5H5.2C3H6.2Zr/c2*1-3-7-12-10(5-1)9-11-6-2-4-8-13(11)12;2*1-10-6-4-3-5-7(11-2)8(6)9;2*1-2-4-5-3-1;2*1-3-2;;/h2*1-5,7-8H,9H2;2*3-5,9H,1-2H3;2*1-3H,4H2;2*1-2H3;;/q2*-1;;;2*-1;;;2*+2/p-2. The van der Waals surface area contributed by atoms with Crippen molar-refractivity contribution >= 4 is 6.41 Å². The van der Waals surface area contributed by atoms with E-state index in [1.807, 2.05) is 36.4 Å². The topological polar surface area (TPSA) is 83.0 Å². The third kappa shape index (κ3) is 19.2. The van der Waals surface area contributed by atoms with Crippen molar-refractivity contribution in [3.05, 3.63) is 204 Å². The van der Waals surface area contributed by atoms with Crippen molar-refractivity contribution in [2.24, 2.45) is 0 Å². The quantitative estimate of drug-likeness (QED) is 0.163. The summed E-state index contributed by atoms with van der Waals surface area (Å²) >= 11 is 3.11. The van der Waals surface area contributed by atoms with Crippen LogP contribution >= 0.6 is 0 Å². The molecule has 0 saturated carbocycles. The van der Waals surface area contributed by atoms with Crippen LogP contribution in [0.15, 0.2) is 158 Å². The predicted octanol–water partition coefficient (Wildman–Crippen LogP) is 11.8. The maximum atomic E-state index is 11.2. The van der Waals surface area contributed by atoms with E-state index >= 15 is 0 Å². The minimum absolute atomic E-state index is 0.211. The molecule has 10 rings (SSSR count). The smallest absolute Gasteiger partial charge is 0.0253 e. The number of para-hydroxylation sites is 2. The van der Waals surface area contributed by atoms with Gasteiger partial charge < -0.3 is 29.2 Å². The van der Waals surface area contributed by atoms with E-state index in [0.717, 1.165) is 25.7 Å². The largest absolute Gasteiger partial charge is 0.273 e. The van der Waals surface area contributed by atoms with Crippen LogP contribution in [0.25, 0.3) is 22.3 Å². The Balaban J connectivity index is 0.000000209. The zero-order valence-electron chi connectivity index (χ0n) is 39.3. The molecule has 4 aliphatic carbocycles. The second kappa shape index (κ2) is 31.5. The molecule has 4 aliphatic rings. The molecule has 6 aromatic carbocycles. The molecule has 6 nitrogen and oxygen atoms in total. The van der Waals surface area contributed by atoms with Crippen molar-refractivity contribution in [2.75, 3.05) is 28.4 Å². The van der Waals surface area contributed by atoms with Crippen LogP contribution < -0.4 is 29.2 Å². The summed E-state index contributed by atoms with van der Waals surface area (Å²) in [7, 11) is 5.82. The molecule has 0 bridgehead atoms. The summed E-state index contributed by atoms with van der Waals surface area (Å²) in [5.41, 5.74) is 11.0. The minimum Gasteiger partial charge on any atom is -0.273 e. The zero-order valence-corrected chi connectivity index (χ0v) is 44.2. The SMILES string of the molecule is COc1cccc(OC)c1[O-].COc1cccc(OC)c1[O-].C[C](C)=[Zr+2].C[C](C)=[Zr+2].[C-]1=CC=CC1.[C-]1=CC=CC1.[c-]1cccc2c1Cc1ccccc1-2.[c-]1cccc2c1Cc1ccccc1-2.